The number of rotatable bonds is 13. The molecule has 0 heterocycles. The van der Waals surface area contributed by atoms with Crippen molar-refractivity contribution in [1.82, 2.24) is 0 Å². The minimum absolute atomic E-state index is 0.111. The van der Waals surface area contributed by atoms with Crippen molar-refractivity contribution in [2.24, 2.45) is 5.73 Å². The lowest BCUT2D eigenvalue weighted by atomic mass is 10.1. The van der Waals surface area contributed by atoms with Gasteiger partial charge in [0.1, 0.15) is 0 Å². The van der Waals surface area contributed by atoms with Crippen LogP contribution in [0.25, 0.3) is 0 Å². The highest BCUT2D eigenvalue weighted by atomic mass is 28.4. The second kappa shape index (κ2) is 11.6. The molecule has 6 heteroatoms. The fourth-order valence-electron chi connectivity index (χ4n) is 2.47. The monoisotopic (exact) mass is 340 g/mol. The average molecular weight is 341 g/mol. The van der Waals surface area contributed by atoms with E-state index < -0.39 is 8.80 Å². The van der Waals surface area contributed by atoms with E-state index >= 15 is 0 Å². The molecule has 23 heavy (non-hydrogen) atoms. The molecule has 0 saturated carbocycles. The predicted octanol–water partition coefficient (Wildman–Crippen LogP) is 3.25. The summed E-state index contributed by atoms with van der Waals surface area (Å²) in [6, 6.07) is 11.1. The van der Waals surface area contributed by atoms with Gasteiger partial charge in [0.15, 0.2) is 0 Å². The zero-order valence-electron chi connectivity index (χ0n) is 14.7. The number of nitrogens with two attached hydrogens (primary N) is 1. The standard InChI is InChI=1S/C17H32N2O3Si/c1-4-20-23(21-5-2,22-6-3)15-13-16(18)12-14-19-17-10-8-7-9-11-17/h7-11,16,19H,4-6,12-15,18H2,1-3H3. The van der Waals surface area contributed by atoms with Crippen molar-refractivity contribution in [2.75, 3.05) is 31.7 Å². The van der Waals surface area contributed by atoms with Crippen molar-refractivity contribution in [3.05, 3.63) is 30.3 Å². The Kier molecular flexibility index (Phi) is 10.1. The van der Waals surface area contributed by atoms with Crippen LogP contribution in [0.5, 0.6) is 0 Å². The van der Waals surface area contributed by atoms with Crippen LogP contribution in [0.2, 0.25) is 6.04 Å². The van der Waals surface area contributed by atoms with Gasteiger partial charge < -0.3 is 24.3 Å². The zero-order chi connectivity index (χ0) is 17.0. The Labute approximate surface area is 141 Å². The molecule has 0 spiro atoms. The molecule has 0 fully saturated rings. The van der Waals surface area contributed by atoms with E-state index in [1.54, 1.807) is 0 Å². The lowest BCUT2D eigenvalue weighted by molar-refractivity contribution is 0.0703. The highest BCUT2D eigenvalue weighted by molar-refractivity contribution is 6.60. The molecule has 0 radical (unpaired) electrons. The number of hydrogen-bond acceptors (Lipinski definition) is 5. The van der Waals surface area contributed by atoms with Crippen molar-refractivity contribution in [2.45, 2.75) is 45.7 Å². The third-order valence-electron chi connectivity index (χ3n) is 3.53. The molecule has 3 N–H and O–H groups in total. The van der Waals surface area contributed by atoms with Crippen LogP contribution in [0.4, 0.5) is 5.69 Å². The fraction of sp³-hybridized carbons (Fsp3) is 0.647. The third kappa shape index (κ3) is 7.94. The van der Waals surface area contributed by atoms with Gasteiger partial charge in [-0.25, -0.2) is 0 Å². The number of benzene rings is 1. The van der Waals surface area contributed by atoms with Crippen molar-refractivity contribution in [1.29, 1.82) is 0 Å². The Bertz CT molecular complexity index is 389. The summed E-state index contributed by atoms with van der Waals surface area (Å²) in [5, 5.41) is 3.39. The van der Waals surface area contributed by atoms with Gasteiger partial charge in [-0.1, -0.05) is 18.2 Å². The molecule has 1 unspecified atom stereocenters. The molecule has 0 bridgehead atoms. The predicted molar refractivity (Wildman–Crippen MR) is 97.6 cm³/mol. The van der Waals surface area contributed by atoms with Gasteiger partial charge in [-0.2, -0.15) is 0 Å². The summed E-state index contributed by atoms with van der Waals surface area (Å²) in [5.41, 5.74) is 7.38. The van der Waals surface area contributed by atoms with E-state index in [0.29, 0.717) is 19.8 Å². The van der Waals surface area contributed by atoms with Crippen molar-refractivity contribution >= 4 is 14.5 Å². The van der Waals surface area contributed by atoms with Crippen LogP contribution >= 0.6 is 0 Å². The first-order valence-electron chi connectivity index (χ1n) is 8.62. The molecule has 1 aromatic rings. The smallest absolute Gasteiger partial charge is 0.385 e. The van der Waals surface area contributed by atoms with Crippen LogP contribution < -0.4 is 11.1 Å². The molecule has 1 atom stereocenters. The van der Waals surface area contributed by atoms with Crippen molar-refractivity contribution < 1.29 is 13.3 Å². The first-order chi connectivity index (χ1) is 11.2. The highest BCUT2D eigenvalue weighted by Crippen LogP contribution is 2.19. The fourth-order valence-corrected chi connectivity index (χ4v) is 5.19. The van der Waals surface area contributed by atoms with Crippen LogP contribution in [0.1, 0.15) is 33.6 Å². The van der Waals surface area contributed by atoms with Gasteiger partial charge in [0.25, 0.3) is 0 Å². The minimum atomic E-state index is -2.56. The quantitative estimate of drug-likeness (QED) is 0.540. The maximum Gasteiger partial charge on any atom is 0.500 e. The van der Waals surface area contributed by atoms with E-state index in [1.807, 2.05) is 39.0 Å². The van der Waals surface area contributed by atoms with Gasteiger partial charge in [-0.05, 0) is 45.7 Å². The second-order valence-electron chi connectivity index (χ2n) is 5.36. The van der Waals surface area contributed by atoms with Crippen molar-refractivity contribution in [3.63, 3.8) is 0 Å². The molecule has 0 aliphatic rings. The van der Waals surface area contributed by atoms with Crippen LogP contribution in [0, 0.1) is 0 Å². The van der Waals surface area contributed by atoms with E-state index in [-0.39, 0.29) is 6.04 Å². The van der Waals surface area contributed by atoms with Crippen LogP contribution in [0.3, 0.4) is 0 Å². The van der Waals surface area contributed by atoms with E-state index in [1.165, 1.54) is 0 Å². The average Bonchev–Trinajstić information content (AvgIpc) is 2.55. The largest absolute Gasteiger partial charge is 0.500 e. The van der Waals surface area contributed by atoms with E-state index in [2.05, 4.69) is 17.4 Å². The SMILES string of the molecule is CCO[Si](CCC(N)CCNc1ccccc1)(OCC)OCC. The summed E-state index contributed by atoms with van der Waals surface area (Å²) in [5.74, 6) is 0. The summed E-state index contributed by atoms with van der Waals surface area (Å²) >= 11 is 0. The lowest BCUT2D eigenvalue weighted by Crippen LogP contribution is -2.47. The maximum absolute atomic E-state index is 6.25. The Morgan fingerprint density at radius 1 is 0.957 bits per heavy atom. The van der Waals surface area contributed by atoms with Crippen LogP contribution in [0.15, 0.2) is 30.3 Å². The molecule has 132 valence electrons. The molecule has 0 aliphatic carbocycles. The van der Waals surface area contributed by atoms with E-state index in [4.69, 9.17) is 19.0 Å². The van der Waals surface area contributed by atoms with E-state index in [0.717, 1.165) is 31.1 Å². The zero-order valence-corrected chi connectivity index (χ0v) is 15.7. The van der Waals surface area contributed by atoms with Crippen LogP contribution in [-0.2, 0) is 13.3 Å². The minimum Gasteiger partial charge on any atom is -0.385 e. The molecule has 1 rings (SSSR count). The Balaban J connectivity index is 2.37. The molecular formula is C17H32N2O3Si. The molecule has 5 nitrogen and oxygen atoms in total. The van der Waals surface area contributed by atoms with Crippen molar-refractivity contribution in [3.8, 4) is 0 Å². The van der Waals surface area contributed by atoms with Gasteiger partial charge >= 0.3 is 8.80 Å². The van der Waals surface area contributed by atoms with Gasteiger partial charge in [0.2, 0.25) is 0 Å². The second-order valence-corrected chi connectivity index (χ2v) is 8.09. The lowest BCUT2D eigenvalue weighted by Gasteiger charge is -2.29. The number of nitrogens with one attached hydrogen (secondary N) is 1. The summed E-state index contributed by atoms with van der Waals surface area (Å²) < 4.78 is 17.6. The Morgan fingerprint density at radius 2 is 1.52 bits per heavy atom. The summed E-state index contributed by atoms with van der Waals surface area (Å²) in [6.07, 6.45) is 1.76. The van der Waals surface area contributed by atoms with Gasteiger partial charge in [0, 0.05) is 44.1 Å². The number of anilines is 1. The van der Waals surface area contributed by atoms with Crippen LogP contribution in [-0.4, -0.2) is 41.2 Å². The Morgan fingerprint density at radius 3 is 2.04 bits per heavy atom. The molecule has 0 aliphatic heterocycles. The van der Waals surface area contributed by atoms with Gasteiger partial charge in [-0.15, -0.1) is 0 Å². The van der Waals surface area contributed by atoms with Gasteiger partial charge in [-0.3, -0.25) is 0 Å². The first kappa shape index (κ1) is 20.1. The summed E-state index contributed by atoms with van der Waals surface area (Å²) in [4.78, 5) is 0. The molecular weight excluding hydrogens is 308 g/mol. The first-order valence-corrected chi connectivity index (χ1v) is 10.5. The molecule has 0 amide bonds. The normalized spacial score (nSPS) is 13.0. The molecule has 0 saturated heterocycles. The summed E-state index contributed by atoms with van der Waals surface area (Å²) in [6.45, 7) is 8.61. The van der Waals surface area contributed by atoms with Gasteiger partial charge in [0.05, 0.1) is 0 Å². The topological polar surface area (TPSA) is 65.7 Å². The molecule has 0 aromatic heterocycles. The molecule has 1 aromatic carbocycles. The summed E-state index contributed by atoms with van der Waals surface area (Å²) in [7, 11) is -2.56. The maximum atomic E-state index is 6.25. The van der Waals surface area contributed by atoms with E-state index in [9.17, 15) is 0 Å². The third-order valence-corrected chi connectivity index (χ3v) is 6.62. The number of para-hydroxylation sites is 1. The highest BCUT2D eigenvalue weighted by Gasteiger charge is 2.40. The Hall–Kier alpha value is -0.923. The number of hydrogen-bond donors (Lipinski definition) is 2.